The Morgan fingerprint density at radius 2 is 1.48 bits per heavy atom. The van der Waals surface area contributed by atoms with E-state index < -0.39 is 5.60 Å². The number of carbonyl (C=O) groups is 3. The van der Waals surface area contributed by atoms with Gasteiger partial charge in [-0.2, -0.15) is 0 Å². The molecule has 0 radical (unpaired) electrons. The van der Waals surface area contributed by atoms with Gasteiger partial charge in [0.05, 0.1) is 5.92 Å². The van der Waals surface area contributed by atoms with Crippen molar-refractivity contribution in [2.75, 3.05) is 25.0 Å². The molecule has 0 bridgehead atoms. The number of anilines is 1. The predicted octanol–water partition coefficient (Wildman–Crippen LogP) is 7.11. The number of benzene rings is 2. The summed E-state index contributed by atoms with van der Waals surface area (Å²) in [6.45, 7) is 17.8. The van der Waals surface area contributed by atoms with Gasteiger partial charge in [0, 0.05) is 36.9 Å². The first-order chi connectivity index (χ1) is 19.7. The third kappa shape index (κ3) is 7.34. The number of ether oxygens (including phenoxy) is 1. The highest BCUT2D eigenvalue weighted by molar-refractivity contribution is 5.99. The molecule has 2 aromatic carbocycles. The van der Waals surface area contributed by atoms with Crippen LogP contribution in [0.4, 0.5) is 10.5 Å². The molecule has 1 unspecified atom stereocenters. The van der Waals surface area contributed by atoms with Crippen molar-refractivity contribution in [3.05, 3.63) is 64.7 Å². The average molecular weight is 576 g/mol. The molecule has 2 heterocycles. The van der Waals surface area contributed by atoms with Crippen molar-refractivity contribution in [2.45, 2.75) is 98.1 Å². The molecule has 2 atom stereocenters. The van der Waals surface area contributed by atoms with Crippen LogP contribution in [0.3, 0.4) is 0 Å². The third-order valence-electron chi connectivity index (χ3n) is 8.65. The van der Waals surface area contributed by atoms with Crippen LogP contribution >= 0.6 is 0 Å². The Morgan fingerprint density at radius 3 is 2.07 bits per heavy atom. The minimum Gasteiger partial charge on any atom is -0.444 e. The lowest BCUT2D eigenvalue weighted by Gasteiger charge is -2.47. The highest BCUT2D eigenvalue weighted by Crippen LogP contribution is 2.37. The summed E-state index contributed by atoms with van der Waals surface area (Å²) in [4.78, 5) is 44.7. The second-order valence-electron chi connectivity index (χ2n) is 14.1. The number of nitrogens with one attached hydrogen (secondary N) is 1. The lowest BCUT2D eigenvalue weighted by molar-refractivity contribution is -0.124. The third-order valence-corrected chi connectivity index (χ3v) is 8.65. The number of amides is 3. The van der Waals surface area contributed by atoms with E-state index in [4.69, 9.17) is 4.74 Å². The maximum Gasteiger partial charge on any atom is 0.410 e. The Morgan fingerprint density at radius 1 is 0.857 bits per heavy atom. The highest BCUT2D eigenvalue weighted by Gasteiger charge is 2.44. The van der Waals surface area contributed by atoms with Gasteiger partial charge < -0.3 is 19.9 Å². The van der Waals surface area contributed by atoms with E-state index in [0.29, 0.717) is 32.5 Å². The van der Waals surface area contributed by atoms with Gasteiger partial charge in [0.15, 0.2) is 0 Å². The van der Waals surface area contributed by atoms with Crippen molar-refractivity contribution in [1.29, 1.82) is 0 Å². The molecule has 4 rings (SSSR count). The van der Waals surface area contributed by atoms with Gasteiger partial charge in [0.25, 0.3) is 5.91 Å². The van der Waals surface area contributed by atoms with E-state index in [9.17, 15) is 14.4 Å². The summed E-state index contributed by atoms with van der Waals surface area (Å²) in [7, 11) is 0. The van der Waals surface area contributed by atoms with Crippen molar-refractivity contribution in [2.24, 2.45) is 11.8 Å². The van der Waals surface area contributed by atoms with Crippen LogP contribution in [0.1, 0.15) is 94.3 Å². The van der Waals surface area contributed by atoms with Crippen molar-refractivity contribution < 1.29 is 19.1 Å². The van der Waals surface area contributed by atoms with Crippen LogP contribution < -0.4 is 5.32 Å². The van der Waals surface area contributed by atoms with E-state index in [1.54, 1.807) is 4.90 Å². The Hall–Kier alpha value is -3.35. The smallest absolute Gasteiger partial charge is 0.410 e. The minimum absolute atomic E-state index is 0.00241. The van der Waals surface area contributed by atoms with Crippen molar-refractivity contribution in [3.8, 4) is 0 Å². The molecule has 0 saturated carbocycles. The number of hydrogen-bond acceptors (Lipinski definition) is 4. The fourth-order valence-corrected chi connectivity index (χ4v) is 6.47. The first-order valence-corrected chi connectivity index (χ1v) is 15.4. The summed E-state index contributed by atoms with van der Waals surface area (Å²) in [6.07, 6.45) is 2.61. The van der Waals surface area contributed by atoms with E-state index in [2.05, 4.69) is 38.2 Å². The summed E-state index contributed by atoms with van der Waals surface area (Å²) in [6, 6.07) is 13.7. The molecule has 3 amide bonds. The first-order valence-electron chi connectivity index (χ1n) is 15.4. The second-order valence-corrected chi connectivity index (χ2v) is 14.1. The largest absolute Gasteiger partial charge is 0.444 e. The molecule has 42 heavy (non-hydrogen) atoms. The Kier molecular flexibility index (Phi) is 9.39. The molecule has 2 fully saturated rings. The Balaban J connectivity index is 1.62. The topological polar surface area (TPSA) is 79.0 Å². The summed E-state index contributed by atoms with van der Waals surface area (Å²) in [5.74, 6) is -0.297. The summed E-state index contributed by atoms with van der Waals surface area (Å²) in [5.41, 5.74) is 3.97. The van der Waals surface area contributed by atoms with E-state index in [1.807, 2.05) is 69.9 Å². The normalized spacial score (nSPS) is 20.3. The molecule has 2 saturated heterocycles. The lowest BCUT2D eigenvalue weighted by atomic mass is 9.76. The van der Waals surface area contributed by atoms with Gasteiger partial charge in [-0.15, -0.1) is 0 Å². The number of rotatable bonds is 4. The minimum atomic E-state index is -0.556. The molecule has 2 aromatic rings. The molecule has 0 spiro atoms. The fourth-order valence-electron chi connectivity index (χ4n) is 6.47. The molecule has 2 aliphatic rings. The monoisotopic (exact) mass is 575 g/mol. The zero-order valence-electron chi connectivity index (χ0n) is 26.8. The lowest BCUT2D eigenvalue weighted by Crippen LogP contribution is -2.57. The zero-order valence-corrected chi connectivity index (χ0v) is 26.8. The Bertz CT molecular complexity index is 1280. The number of piperidine rings is 2. The number of hydrogen-bond donors (Lipinski definition) is 1. The van der Waals surface area contributed by atoms with Crippen LogP contribution in [-0.2, 0) is 14.9 Å². The van der Waals surface area contributed by atoms with Crippen LogP contribution in [-0.4, -0.2) is 59.0 Å². The van der Waals surface area contributed by atoms with Crippen LogP contribution in [0.2, 0.25) is 0 Å². The fraction of sp³-hybridized carbons (Fsp3) is 0.571. The van der Waals surface area contributed by atoms with Gasteiger partial charge >= 0.3 is 6.09 Å². The zero-order chi connectivity index (χ0) is 30.8. The molecule has 0 aromatic heterocycles. The Labute approximate surface area is 252 Å². The molecule has 7 heteroatoms. The van der Waals surface area contributed by atoms with E-state index in [1.165, 1.54) is 0 Å². The van der Waals surface area contributed by atoms with Gasteiger partial charge in [-0.1, -0.05) is 51.1 Å². The molecular weight excluding hydrogens is 526 g/mol. The molecule has 0 aliphatic carbocycles. The van der Waals surface area contributed by atoms with Crippen LogP contribution in [0.25, 0.3) is 0 Å². The highest BCUT2D eigenvalue weighted by atomic mass is 16.6. The van der Waals surface area contributed by atoms with Crippen molar-refractivity contribution in [3.63, 3.8) is 0 Å². The van der Waals surface area contributed by atoms with E-state index in [-0.39, 0.29) is 41.2 Å². The number of aryl methyl sites for hydroxylation is 2. The quantitative estimate of drug-likeness (QED) is 0.422. The summed E-state index contributed by atoms with van der Waals surface area (Å²) < 4.78 is 5.62. The van der Waals surface area contributed by atoms with Crippen molar-refractivity contribution >= 4 is 23.6 Å². The summed E-state index contributed by atoms with van der Waals surface area (Å²) in [5, 5.41) is 3.21. The standard InChI is InChI=1S/C35H49N3O4/c1-23-12-9-13-24(2)29(23)32(40)38-19-11-16-28(31(39)36-27-15-10-14-26(22-27)34(3,4)5)30(38)25-17-20-37(21-18-25)33(41)42-35(6,7)8/h9-10,12-15,22,25,28,30H,11,16-21H2,1-8H3,(H,36,39)/t28?,30-/m0/s1. The van der Waals surface area contributed by atoms with Crippen LogP contribution in [0, 0.1) is 25.7 Å². The number of carbonyl (C=O) groups excluding carboxylic acids is 3. The number of likely N-dealkylation sites (tertiary alicyclic amines) is 2. The molecule has 2 aliphatic heterocycles. The second kappa shape index (κ2) is 12.5. The maximum atomic E-state index is 14.2. The van der Waals surface area contributed by atoms with Crippen LogP contribution in [0.15, 0.2) is 42.5 Å². The summed E-state index contributed by atoms with van der Waals surface area (Å²) >= 11 is 0. The van der Waals surface area contributed by atoms with E-state index >= 15 is 0 Å². The predicted molar refractivity (Wildman–Crippen MR) is 168 cm³/mol. The first kappa shape index (κ1) is 31.6. The van der Waals surface area contributed by atoms with Crippen molar-refractivity contribution in [1.82, 2.24) is 9.80 Å². The SMILES string of the molecule is Cc1cccc(C)c1C(=O)N1CCCC(C(=O)Nc2cccc(C(C)(C)C)c2)[C@@H]1C1CCN(C(=O)OC(C)(C)C)CC1. The van der Waals surface area contributed by atoms with Gasteiger partial charge in [0.2, 0.25) is 5.91 Å². The molecule has 7 nitrogen and oxygen atoms in total. The molecule has 228 valence electrons. The molecular formula is C35H49N3O4. The van der Waals surface area contributed by atoms with Gasteiger partial charge in [0.1, 0.15) is 5.60 Å². The maximum absolute atomic E-state index is 14.2. The molecule has 1 N–H and O–H groups in total. The van der Waals surface area contributed by atoms with Gasteiger partial charge in [-0.05, 0) is 100 Å². The van der Waals surface area contributed by atoms with Gasteiger partial charge in [-0.3, -0.25) is 9.59 Å². The average Bonchev–Trinajstić information content (AvgIpc) is 2.91. The van der Waals surface area contributed by atoms with E-state index in [0.717, 1.165) is 40.8 Å². The van der Waals surface area contributed by atoms with Crippen LogP contribution in [0.5, 0.6) is 0 Å². The number of nitrogens with zero attached hydrogens (tertiary/aromatic N) is 2. The van der Waals surface area contributed by atoms with Gasteiger partial charge in [-0.25, -0.2) is 4.79 Å².